The molecule has 0 fully saturated rings. The topological polar surface area (TPSA) is 44.0 Å². The number of hydrogen-bond acceptors (Lipinski definition) is 2. The Bertz CT molecular complexity index is 363. The van der Waals surface area contributed by atoms with Gasteiger partial charge in [0.05, 0.1) is 5.56 Å². The zero-order valence-corrected chi connectivity index (χ0v) is 8.67. The predicted octanol–water partition coefficient (Wildman–Crippen LogP) is 2.78. The number of aromatic hydroxyl groups is 1. The van der Waals surface area contributed by atoms with Crippen LogP contribution in [0.2, 0.25) is 0 Å². The molecule has 2 nitrogen and oxygen atoms in total. The highest BCUT2D eigenvalue weighted by atomic mass is 16.3. The van der Waals surface area contributed by atoms with E-state index in [4.69, 9.17) is 5.26 Å². The fourth-order valence-corrected chi connectivity index (χ4v) is 1.63. The van der Waals surface area contributed by atoms with Gasteiger partial charge in [0.2, 0.25) is 0 Å². The van der Waals surface area contributed by atoms with Crippen molar-refractivity contribution in [2.45, 2.75) is 33.1 Å². The van der Waals surface area contributed by atoms with E-state index in [1.807, 2.05) is 12.1 Å². The predicted molar refractivity (Wildman–Crippen MR) is 56.2 cm³/mol. The van der Waals surface area contributed by atoms with Crippen LogP contribution in [0.25, 0.3) is 0 Å². The minimum atomic E-state index is 0.175. The van der Waals surface area contributed by atoms with E-state index in [-0.39, 0.29) is 5.75 Å². The Morgan fingerprint density at radius 2 is 2.07 bits per heavy atom. The summed E-state index contributed by atoms with van der Waals surface area (Å²) in [5.41, 5.74) is 2.46. The van der Waals surface area contributed by atoms with E-state index in [1.54, 1.807) is 6.07 Å². The molecule has 1 rings (SSSR count). The molecule has 0 aliphatic carbocycles. The molecule has 0 aliphatic rings. The van der Waals surface area contributed by atoms with Gasteiger partial charge in [-0.05, 0) is 30.0 Å². The lowest BCUT2D eigenvalue weighted by atomic mass is 9.97. The first kappa shape index (κ1) is 10.6. The summed E-state index contributed by atoms with van der Waals surface area (Å²) in [6.45, 7) is 4.12. The average Bonchev–Trinajstić information content (AvgIpc) is 2.21. The van der Waals surface area contributed by atoms with Crippen molar-refractivity contribution in [3.8, 4) is 11.8 Å². The number of aryl methyl sites for hydroxylation is 1. The van der Waals surface area contributed by atoms with E-state index < -0.39 is 0 Å². The van der Waals surface area contributed by atoms with E-state index in [9.17, 15) is 5.11 Å². The number of phenolic OH excluding ortho intramolecular Hbond substituents is 1. The molecule has 2 heteroatoms. The van der Waals surface area contributed by atoms with Crippen LogP contribution in [-0.2, 0) is 12.8 Å². The third-order valence-electron chi connectivity index (χ3n) is 2.38. The van der Waals surface area contributed by atoms with Crippen LogP contribution in [0, 0.1) is 11.3 Å². The molecule has 14 heavy (non-hydrogen) atoms. The largest absolute Gasteiger partial charge is 0.506 e. The Hall–Kier alpha value is -1.49. The van der Waals surface area contributed by atoms with Crippen LogP contribution in [0.1, 0.15) is 37.0 Å². The van der Waals surface area contributed by atoms with Gasteiger partial charge in [-0.2, -0.15) is 5.26 Å². The second-order valence-electron chi connectivity index (χ2n) is 3.31. The van der Waals surface area contributed by atoms with E-state index >= 15 is 0 Å². The van der Waals surface area contributed by atoms with Crippen molar-refractivity contribution in [3.05, 3.63) is 28.8 Å². The molecule has 0 spiro atoms. The first-order valence-electron chi connectivity index (χ1n) is 4.98. The zero-order chi connectivity index (χ0) is 10.6. The van der Waals surface area contributed by atoms with Gasteiger partial charge in [-0.1, -0.05) is 26.3 Å². The zero-order valence-electron chi connectivity index (χ0n) is 8.67. The maximum Gasteiger partial charge on any atom is 0.136 e. The van der Waals surface area contributed by atoms with Gasteiger partial charge < -0.3 is 5.11 Å². The van der Waals surface area contributed by atoms with Gasteiger partial charge in [-0.15, -0.1) is 0 Å². The van der Waals surface area contributed by atoms with Gasteiger partial charge in [0.25, 0.3) is 0 Å². The van der Waals surface area contributed by atoms with Crippen LogP contribution in [0.3, 0.4) is 0 Å². The van der Waals surface area contributed by atoms with Crippen LogP contribution in [0.4, 0.5) is 0 Å². The van der Waals surface area contributed by atoms with Crippen LogP contribution < -0.4 is 0 Å². The van der Waals surface area contributed by atoms with Crippen LogP contribution >= 0.6 is 0 Å². The summed E-state index contributed by atoms with van der Waals surface area (Å²) in [5.74, 6) is 0.175. The minimum absolute atomic E-state index is 0.175. The third-order valence-corrected chi connectivity index (χ3v) is 2.38. The summed E-state index contributed by atoms with van der Waals surface area (Å²) in [6.07, 6.45) is 2.72. The van der Waals surface area contributed by atoms with E-state index in [0.29, 0.717) is 5.56 Å². The van der Waals surface area contributed by atoms with Crippen molar-refractivity contribution in [1.29, 1.82) is 5.26 Å². The molecule has 0 amide bonds. The lowest BCUT2D eigenvalue weighted by Crippen LogP contribution is -1.95. The molecule has 0 saturated carbocycles. The SMILES string of the molecule is CCCc1c(CC)ccc(C#N)c1O. The number of phenols is 1. The maximum absolute atomic E-state index is 9.81. The highest BCUT2D eigenvalue weighted by molar-refractivity contribution is 5.51. The summed E-state index contributed by atoms with van der Waals surface area (Å²) < 4.78 is 0. The molecule has 1 N–H and O–H groups in total. The number of rotatable bonds is 3. The Balaban J connectivity index is 3.25. The van der Waals surface area contributed by atoms with E-state index in [0.717, 1.165) is 30.4 Å². The van der Waals surface area contributed by atoms with Crippen molar-refractivity contribution in [3.63, 3.8) is 0 Å². The van der Waals surface area contributed by atoms with Gasteiger partial charge >= 0.3 is 0 Å². The van der Waals surface area contributed by atoms with Crippen molar-refractivity contribution >= 4 is 0 Å². The van der Waals surface area contributed by atoms with Gasteiger partial charge in [0.15, 0.2) is 0 Å². The van der Waals surface area contributed by atoms with Crippen LogP contribution in [0.5, 0.6) is 5.75 Å². The molecule has 0 unspecified atom stereocenters. The lowest BCUT2D eigenvalue weighted by molar-refractivity contribution is 0.464. The summed E-state index contributed by atoms with van der Waals surface area (Å²) in [7, 11) is 0. The fraction of sp³-hybridized carbons (Fsp3) is 0.417. The number of hydrogen-bond donors (Lipinski definition) is 1. The molecule has 74 valence electrons. The molecule has 0 saturated heterocycles. The molecule has 0 aromatic heterocycles. The second-order valence-corrected chi connectivity index (χ2v) is 3.31. The quantitative estimate of drug-likeness (QED) is 0.794. The second kappa shape index (κ2) is 4.66. The minimum Gasteiger partial charge on any atom is -0.506 e. The average molecular weight is 189 g/mol. The summed E-state index contributed by atoms with van der Waals surface area (Å²) in [5, 5.41) is 18.6. The molecular formula is C12H15NO. The summed E-state index contributed by atoms with van der Waals surface area (Å²) >= 11 is 0. The highest BCUT2D eigenvalue weighted by Gasteiger charge is 2.10. The van der Waals surface area contributed by atoms with Gasteiger partial charge in [0, 0.05) is 0 Å². The summed E-state index contributed by atoms with van der Waals surface area (Å²) in [6, 6.07) is 5.62. The molecular weight excluding hydrogens is 174 g/mol. The monoisotopic (exact) mass is 189 g/mol. The third kappa shape index (κ3) is 1.88. The standard InChI is InChI=1S/C12H15NO/c1-3-5-11-9(4-2)6-7-10(8-13)12(11)14/h6-7,14H,3-5H2,1-2H3. The molecule has 1 aromatic rings. The summed E-state index contributed by atoms with van der Waals surface area (Å²) in [4.78, 5) is 0. The van der Waals surface area contributed by atoms with Gasteiger partial charge in [-0.3, -0.25) is 0 Å². The Morgan fingerprint density at radius 3 is 2.57 bits per heavy atom. The lowest BCUT2D eigenvalue weighted by Gasteiger charge is -2.09. The molecule has 0 radical (unpaired) electrons. The highest BCUT2D eigenvalue weighted by Crippen LogP contribution is 2.27. The Kier molecular flexibility index (Phi) is 3.53. The Morgan fingerprint density at radius 1 is 1.36 bits per heavy atom. The van der Waals surface area contributed by atoms with Crippen molar-refractivity contribution < 1.29 is 5.11 Å². The first-order valence-corrected chi connectivity index (χ1v) is 4.98. The van der Waals surface area contributed by atoms with Crippen LogP contribution in [-0.4, -0.2) is 5.11 Å². The van der Waals surface area contributed by atoms with Crippen molar-refractivity contribution in [1.82, 2.24) is 0 Å². The number of nitriles is 1. The maximum atomic E-state index is 9.81. The molecule has 0 atom stereocenters. The molecule has 0 bridgehead atoms. The van der Waals surface area contributed by atoms with Crippen LogP contribution in [0.15, 0.2) is 12.1 Å². The smallest absolute Gasteiger partial charge is 0.136 e. The number of benzene rings is 1. The Labute approximate surface area is 84.8 Å². The fourth-order valence-electron chi connectivity index (χ4n) is 1.63. The van der Waals surface area contributed by atoms with Gasteiger partial charge in [-0.25, -0.2) is 0 Å². The van der Waals surface area contributed by atoms with Gasteiger partial charge in [0.1, 0.15) is 11.8 Å². The number of nitrogens with zero attached hydrogens (tertiary/aromatic N) is 1. The molecule has 1 aromatic carbocycles. The van der Waals surface area contributed by atoms with E-state index in [2.05, 4.69) is 13.8 Å². The van der Waals surface area contributed by atoms with Crippen molar-refractivity contribution in [2.24, 2.45) is 0 Å². The first-order chi connectivity index (χ1) is 6.74. The molecule has 0 aliphatic heterocycles. The molecule has 0 heterocycles. The normalized spacial score (nSPS) is 9.79. The van der Waals surface area contributed by atoms with Crippen molar-refractivity contribution in [2.75, 3.05) is 0 Å². The van der Waals surface area contributed by atoms with E-state index in [1.165, 1.54) is 0 Å².